The lowest BCUT2D eigenvalue weighted by Gasteiger charge is -2.07. The lowest BCUT2D eigenvalue weighted by Crippen LogP contribution is -2.08. The van der Waals surface area contributed by atoms with Gasteiger partial charge in [0.15, 0.2) is 0 Å². The summed E-state index contributed by atoms with van der Waals surface area (Å²) >= 11 is -0.0978. The van der Waals surface area contributed by atoms with E-state index in [0.29, 0.717) is 18.7 Å². The maximum absolute atomic E-state index is 11.8. The van der Waals surface area contributed by atoms with E-state index in [4.69, 9.17) is 10.5 Å². The van der Waals surface area contributed by atoms with Gasteiger partial charge in [-0.2, -0.15) is 13.2 Å². The van der Waals surface area contributed by atoms with Crippen molar-refractivity contribution >= 4 is 11.8 Å². The maximum Gasteiger partial charge on any atom is 0.441 e. The van der Waals surface area contributed by atoms with Gasteiger partial charge in [0, 0.05) is 17.9 Å². The van der Waals surface area contributed by atoms with E-state index in [1.54, 1.807) is 12.1 Å². The Morgan fingerprint density at radius 2 is 2.12 bits per heavy atom. The average Bonchev–Trinajstić information content (AvgIpc) is 2.26. The van der Waals surface area contributed by atoms with E-state index in [2.05, 4.69) is 4.98 Å². The van der Waals surface area contributed by atoms with Crippen molar-refractivity contribution in [3.05, 3.63) is 24.0 Å². The smallest absolute Gasteiger partial charge is 0.441 e. The molecule has 0 radical (unpaired) electrons. The third kappa shape index (κ3) is 6.38. The van der Waals surface area contributed by atoms with Gasteiger partial charge in [0.2, 0.25) is 0 Å². The van der Waals surface area contributed by atoms with E-state index in [1.807, 2.05) is 0 Å². The second kappa shape index (κ2) is 6.70. The molecule has 0 atom stereocenters. The summed E-state index contributed by atoms with van der Waals surface area (Å²) in [6.45, 7) is 0.511. The predicted molar refractivity (Wildman–Crippen MR) is 61.0 cm³/mol. The van der Waals surface area contributed by atoms with Crippen LogP contribution in [-0.2, 0) is 6.42 Å². The van der Waals surface area contributed by atoms with Gasteiger partial charge in [-0.3, -0.25) is 4.98 Å². The second-order valence-electron chi connectivity index (χ2n) is 3.17. The molecular formula is C10H13F3N2OS. The zero-order valence-electron chi connectivity index (χ0n) is 9.04. The van der Waals surface area contributed by atoms with Crippen LogP contribution in [0.15, 0.2) is 18.3 Å². The van der Waals surface area contributed by atoms with Crippen molar-refractivity contribution < 1.29 is 17.9 Å². The van der Waals surface area contributed by atoms with Crippen LogP contribution in [0.25, 0.3) is 0 Å². The van der Waals surface area contributed by atoms with Crippen LogP contribution in [0.2, 0.25) is 0 Å². The Morgan fingerprint density at radius 1 is 1.35 bits per heavy atom. The fourth-order valence-corrected chi connectivity index (χ4v) is 1.51. The molecule has 0 saturated carbocycles. The summed E-state index contributed by atoms with van der Waals surface area (Å²) < 4.78 is 40.5. The predicted octanol–water partition coefficient (Wildman–Crippen LogP) is 2.21. The van der Waals surface area contributed by atoms with Gasteiger partial charge in [0.05, 0.1) is 12.8 Å². The number of nitrogens with two attached hydrogens (primary N) is 1. The maximum atomic E-state index is 11.8. The first kappa shape index (κ1) is 14.1. The molecule has 1 rings (SSSR count). The molecule has 17 heavy (non-hydrogen) atoms. The number of thioether (sulfide) groups is 1. The Hall–Kier alpha value is -0.950. The number of pyridine rings is 1. The first-order valence-electron chi connectivity index (χ1n) is 5.00. The number of aromatic nitrogens is 1. The van der Waals surface area contributed by atoms with Gasteiger partial charge in [-0.1, -0.05) is 0 Å². The molecule has 1 heterocycles. The summed E-state index contributed by atoms with van der Waals surface area (Å²) in [5.41, 5.74) is 1.99. The highest BCUT2D eigenvalue weighted by Crippen LogP contribution is 2.29. The van der Waals surface area contributed by atoms with Crippen molar-refractivity contribution in [2.45, 2.75) is 11.9 Å². The molecule has 0 aromatic carbocycles. The van der Waals surface area contributed by atoms with Gasteiger partial charge >= 0.3 is 5.51 Å². The van der Waals surface area contributed by atoms with Crippen LogP contribution in [0, 0.1) is 0 Å². The number of alkyl halides is 3. The van der Waals surface area contributed by atoms with E-state index in [1.165, 1.54) is 6.20 Å². The molecule has 0 spiro atoms. The molecule has 7 heteroatoms. The summed E-state index contributed by atoms with van der Waals surface area (Å²) in [6, 6.07) is 3.43. The van der Waals surface area contributed by atoms with Gasteiger partial charge < -0.3 is 10.5 Å². The quantitative estimate of drug-likeness (QED) is 0.802. The van der Waals surface area contributed by atoms with Crippen molar-refractivity contribution in [1.29, 1.82) is 0 Å². The van der Waals surface area contributed by atoms with Crippen molar-refractivity contribution in [1.82, 2.24) is 4.98 Å². The van der Waals surface area contributed by atoms with Gasteiger partial charge in [0.25, 0.3) is 0 Å². The fourth-order valence-electron chi connectivity index (χ4n) is 1.11. The molecule has 3 nitrogen and oxygen atoms in total. The number of hydrogen-bond donors (Lipinski definition) is 1. The van der Waals surface area contributed by atoms with Crippen LogP contribution in [0.5, 0.6) is 5.75 Å². The summed E-state index contributed by atoms with van der Waals surface area (Å²) in [5.74, 6) is 0.335. The topological polar surface area (TPSA) is 48.1 Å². The average molecular weight is 266 g/mol. The lowest BCUT2D eigenvalue weighted by molar-refractivity contribution is -0.0329. The first-order chi connectivity index (χ1) is 8.01. The van der Waals surface area contributed by atoms with Crippen LogP contribution in [0.4, 0.5) is 13.2 Å². The highest BCUT2D eigenvalue weighted by atomic mass is 32.2. The molecule has 0 aliphatic heterocycles. The fraction of sp³-hybridized carbons (Fsp3) is 0.500. The summed E-state index contributed by atoms with van der Waals surface area (Å²) in [7, 11) is 0. The number of ether oxygens (including phenoxy) is 1. The van der Waals surface area contributed by atoms with Crippen molar-refractivity contribution in [3.8, 4) is 5.75 Å². The molecule has 1 aromatic rings. The van der Waals surface area contributed by atoms with E-state index in [9.17, 15) is 13.2 Å². The zero-order valence-corrected chi connectivity index (χ0v) is 9.85. The monoisotopic (exact) mass is 266 g/mol. The van der Waals surface area contributed by atoms with E-state index >= 15 is 0 Å². The molecule has 0 fully saturated rings. The molecule has 0 bridgehead atoms. The van der Waals surface area contributed by atoms with Crippen LogP contribution in [0.3, 0.4) is 0 Å². The van der Waals surface area contributed by atoms with E-state index in [0.717, 1.165) is 5.69 Å². The minimum atomic E-state index is -4.20. The Morgan fingerprint density at radius 3 is 2.65 bits per heavy atom. The molecule has 0 unspecified atom stereocenters. The van der Waals surface area contributed by atoms with Gasteiger partial charge in [0.1, 0.15) is 5.75 Å². The SMILES string of the molecule is NCCc1ccc(OCCSC(F)(F)F)cn1. The van der Waals surface area contributed by atoms with E-state index < -0.39 is 5.51 Å². The van der Waals surface area contributed by atoms with Crippen LogP contribution in [-0.4, -0.2) is 29.4 Å². The summed E-state index contributed by atoms with van der Waals surface area (Å²) in [6.07, 6.45) is 2.16. The zero-order chi connectivity index (χ0) is 12.7. The molecule has 0 saturated heterocycles. The number of nitrogens with zero attached hydrogens (tertiary/aromatic N) is 1. The molecule has 0 aliphatic rings. The standard InChI is InChI=1S/C10H13F3N2OS/c11-10(12,13)17-6-5-16-9-2-1-8(3-4-14)15-7-9/h1-2,7H,3-6,14H2. The Labute approximate surface area is 102 Å². The van der Waals surface area contributed by atoms with Crippen molar-refractivity contribution in [2.75, 3.05) is 18.9 Å². The van der Waals surface area contributed by atoms with Gasteiger partial charge in [-0.15, -0.1) is 0 Å². The Balaban J connectivity index is 2.27. The Bertz CT molecular complexity index is 329. The largest absolute Gasteiger partial charge is 0.491 e. The third-order valence-corrected chi connectivity index (χ3v) is 2.51. The highest BCUT2D eigenvalue weighted by Gasteiger charge is 2.27. The van der Waals surface area contributed by atoms with Gasteiger partial charge in [-0.25, -0.2) is 0 Å². The molecule has 0 aliphatic carbocycles. The van der Waals surface area contributed by atoms with E-state index in [-0.39, 0.29) is 24.1 Å². The van der Waals surface area contributed by atoms with Crippen LogP contribution < -0.4 is 10.5 Å². The number of hydrogen-bond acceptors (Lipinski definition) is 4. The molecule has 2 N–H and O–H groups in total. The lowest BCUT2D eigenvalue weighted by atomic mass is 10.3. The van der Waals surface area contributed by atoms with Gasteiger partial charge in [-0.05, 0) is 30.4 Å². The van der Waals surface area contributed by atoms with Crippen molar-refractivity contribution in [2.24, 2.45) is 5.73 Å². The number of rotatable bonds is 6. The van der Waals surface area contributed by atoms with Crippen molar-refractivity contribution in [3.63, 3.8) is 0 Å². The summed E-state index contributed by atoms with van der Waals surface area (Å²) in [5, 5.41) is 0. The molecule has 0 amide bonds. The molecule has 1 aromatic heterocycles. The highest BCUT2D eigenvalue weighted by molar-refractivity contribution is 8.00. The van der Waals surface area contributed by atoms with Crippen LogP contribution >= 0.6 is 11.8 Å². The minimum absolute atomic E-state index is 0.00208. The molecule has 96 valence electrons. The first-order valence-corrected chi connectivity index (χ1v) is 5.98. The normalized spacial score (nSPS) is 11.5. The second-order valence-corrected chi connectivity index (χ2v) is 4.33. The minimum Gasteiger partial charge on any atom is -0.491 e. The third-order valence-electron chi connectivity index (χ3n) is 1.82. The Kier molecular flexibility index (Phi) is 5.57. The van der Waals surface area contributed by atoms with Crippen LogP contribution in [0.1, 0.15) is 5.69 Å². The molecular weight excluding hydrogens is 253 g/mol. The summed E-state index contributed by atoms with van der Waals surface area (Å²) in [4.78, 5) is 4.06. The number of halogens is 3.